The number of carboxylic acids is 1. The van der Waals surface area contributed by atoms with Gasteiger partial charge in [-0.2, -0.15) is 0 Å². The monoisotopic (exact) mass is 766 g/mol. The molecule has 12 heteroatoms. The normalized spacial score (nSPS) is 37.6. The van der Waals surface area contributed by atoms with Crippen LogP contribution in [0.1, 0.15) is 80.6 Å². The first-order chi connectivity index (χ1) is 25.9. The molecule has 0 bridgehead atoms. The van der Waals surface area contributed by atoms with E-state index in [1.54, 1.807) is 0 Å². The number of Topliss-reactive ketones (excluding diaryl/α,β-unsaturated/α-hetero) is 1. The highest BCUT2D eigenvalue weighted by Crippen LogP contribution is 2.53. The summed E-state index contributed by atoms with van der Waals surface area (Å²) in [6.45, 7) is 12.9. The summed E-state index contributed by atoms with van der Waals surface area (Å²) in [6.07, 6.45) is 7.94. The number of carbonyl (C=O) groups is 4. The molecule has 2 saturated carbocycles. The summed E-state index contributed by atoms with van der Waals surface area (Å²) in [5, 5.41) is 51.6. The van der Waals surface area contributed by atoms with Crippen molar-refractivity contribution in [1.29, 1.82) is 0 Å². The van der Waals surface area contributed by atoms with Gasteiger partial charge in [0.15, 0.2) is 18.2 Å². The Hall–Kier alpha value is -3.52. The standard InChI is InChI=1S/C43H58O12/c1-20(15-21(2)16-31(44)25(6)41(50)51)11-9-8-10-12-28-23(4)17-30-29(14-13-22(3)40(30)55-43-39(49)38(48)37(47)26(7)53-43)36-35(28)34-24(5)32(45)18-27(34)19-33(46)54-42(36)52/h8-12,17,19,21-22,24-26,28-32,36-37,39-40,43-45,47,49H,13-16,18H2,1-7H3,(H,50,51). The maximum absolute atomic E-state index is 14.2. The minimum atomic E-state index is -1.69. The van der Waals surface area contributed by atoms with Crippen LogP contribution in [0.4, 0.5) is 0 Å². The van der Waals surface area contributed by atoms with Crippen LogP contribution in [0.5, 0.6) is 0 Å². The van der Waals surface area contributed by atoms with Crippen molar-refractivity contribution in [2.24, 2.45) is 47.3 Å². The number of hydrogen-bond acceptors (Lipinski definition) is 11. The number of aliphatic carboxylic acids is 1. The Labute approximate surface area is 323 Å². The first kappa shape index (κ1) is 42.6. The lowest BCUT2D eigenvalue weighted by Gasteiger charge is -2.45. The van der Waals surface area contributed by atoms with Gasteiger partial charge in [-0.3, -0.25) is 14.4 Å². The number of hydrogen-bond donors (Lipinski definition) is 5. The average Bonchev–Trinajstić information content (AvgIpc) is 3.30. The topological polar surface area (TPSA) is 197 Å². The van der Waals surface area contributed by atoms with Crippen molar-refractivity contribution in [3.05, 3.63) is 70.4 Å². The zero-order valence-corrected chi connectivity index (χ0v) is 32.8. The molecule has 302 valence electrons. The van der Waals surface area contributed by atoms with Crippen molar-refractivity contribution < 1.29 is 58.9 Å². The highest BCUT2D eigenvalue weighted by atomic mass is 16.7. The van der Waals surface area contributed by atoms with Crippen LogP contribution in [0.2, 0.25) is 0 Å². The zero-order valence-electron chi connectivity index (χ0n) is 32.8. The van der Waals surface area contributed by atoms with E-state index in [0.29, 0.717) is 31.3 Å². The molecule has 0 aromatic carbocycles. The summed E-state index contributed by atoms with van der Waals surface area (Å²) in [7, 11) is 0. The fourth-order valence-electron chi connectivity index (χ4n) is 9.26. The van der Waals surface area contributed by atoms with Crippen molar-refractivity contribution in [2.75, 3.05) is 0 Å². The van der Waals surface area contributed by atoms with Gasteiger partial charge in [-0.15, -0.1) is 0 Å². The Kier molecular flexibility index (Phi) is 13.7. The number of carboxylic acid groups (broad SMARTS) is 1. The van der Waals surface area contributed by atoms with Crippen molar-refractivity contribution >= 4 is 23.7 Å². The highest BCUT2D eigenvalue weighted by Gasteiger charge is 2.53. The van der Waals surface area contributed by atoms with Gasteiger partial charge in [0.1, 0.15) is 6.10 Å². The molecule has 2 aliphatic heterocycles. The van der Waals surface area contributed by atoms with Crippen LogP contribution in [0, 0.1) is 47.3 Å². The molecular weight excluding hydrogens is 708 g/mol. The quantitative estimate of drug-likeness (QED) is 0.0855. The van der Waals surface area contributed by atoms with Gasteiger partial charge in [-0.25, -0.2) is 4.79 Å². The molecule has 5 rings (SSSR count). The lowest BCUT2D eigenvalue weighted by molar-refractivity contribution is -0.274. The van der Waals surface area contributed by atoms with E-state index in [4.69, 9.17) is 14.2 Å². The van der Waals surface area contributed by atoms with Gasteiger partial charge in [0, 0.05) is 23.8 Å². The molecule has 3 fully saturated rings. The Bertz CT molecular complexity index is 1680. The predicted octanol–water partition coefficient (Wildman–Crippen LogP) is 4.53. The third-order valence-corrected chi connectivity index (χ3v) is 12.4. The molecule has 0 spiro atoms. The second-order valence-electron chi connectivity index (χ2n) is 16.6. The molecule has 0 radical (unpaired) electrons. The summed E-state index contributed by atoms with van der Waals surface area (Å²) in [5.41, 5.74) is 4.19. The van der Waals surface area contributed by atoms with Gasteiger partial charge < -0.3 is 39.7 Å². The molecule has 0 amide bonds. The van der Waals surface area contributed by atoms with Crippen LogP contribution >= 0.6 is 0 Å². The lowest BCUT2D eigenvalue weighted by atomic mass is 9.65. The molecule has 2 heterocycles. The Morgan fingerprint density at radius 1 is 1.04 bits per heavy atom. The smallest absolute Gasteiger partial charge is 0.338 e. The number of fused-ring (bicyclic) bond motifs is 4. The number of esters is 2. The Morgan fingerprint density at radius 2 is 1.75 bits per heavy atom. The van der Waals surface area contributed by atoms with Crippen molar-refractivity contribution in [1.82, 2.24) is 0 Å². The van der Waals surface area contributed by atoms with Gasteiger partial charge in [-0.1, -0.05) is 68.4 Å². The number of aliphatic hydroxyl groups excluding tert-OH is 4. The molecule has 3 aliphatic carbocycles. The molecular formula is C43H58O12. The van der Waals surface area contributed by atoms with Crippen LogP contribution in [-0.4, -0.2) is 92.1 Å². The predicted molar refractivity (Wildman–Crippen MR) is 202 cm³/mol. The van der Waals surface area contributed by atoms with E-state index in [1.165, 1.54) is 19.9 Å². The zero-order chi connectivity index (χ0) is 40.5. The van der Waals surface area contributed by atoms with Crippen molar-refractivity contribution in [3.8, 4) is 0 Å². The minimum Gasteiger partial charge on any atom is -0.481 e. The van der Waals surface area contributed by atoms with Gasteiger partial charge in [0.2, 0.25) is 0 Å². The van der Waals surface area contributed by atoms with Crippen LogP contribution in [0.25, 0.3) is 0 Å². The summed E-state index contributed by atoms with van der Waals surface area (Å²) < 4.78 is 17.8. The first-order valence-electron chi connectivity index (χ1n) is 19.6. The second kappa shape index (κ2) is 17.7. The van der Waals surface area contributed by atoms with Gasteiger partial charge in [0.05, 0.1) is 36.3 Å². The molecule has 5 aliphatic rings. The number of ether oxygens (including phenoxy) is 3. The fourth-order valence-corrected chi connectivity index (χ4v) is 9.26. The number of ketones is 1. The van der Waals surface area contributed by atoms with E-state index >= 15 is 0 Å². The second-order valence-corrected chi connectivity index (χ2v) is 16.6. The van der Waals surface area contributed by atoms with Gasteiger partial charge in [-0.05, 0) is 94.3 Å². The van der Waals surface area contributed by atoms with E-state index in [9.17, 15) is 44.7 Å². The van der Waals surface area contributed by atoms with E-state index < -0.39 is 90.3 Å². The number of rotatable bonds is 11. The third-order valence-electron chi connectivity index (χ3n) is 12.4. The van der Waals surface area contributed by atoms with E-state index in [1.807, 2.05) is 65.0 Å². The minimum absolute atomic E-state index is 0.0695. The molecule has 15 atom stereocenters. The van der Waals surface area contributed by atoms with E-state index in [2.05, 4.69) is 6.08 Å². The molecule has 0 aromatic heterocycles. The average molecular weight is 767 g/mol. The largest absolute Gasteiger partial charge is 0.481 e. The summed E-state index contributed by atoms with van der Waals surface area (Å²) in [4.78, 5) is 51.2. The van der Waals surface area contributed by atoms with Crippen LogP contribution in [0.3, 0.4) is 0 Å². The van der Waals surface area contributed by atoms with Crippen molar-refractivity contribution in [2.45, 2.75) is 123 Å². The Morgan fingerprint density at radius 3 is 2.44 bits per heavy atom. The van der Waals surface area contributed by atoms with E-state index in [0.717, 1.165) is 22.3 Å². The molecule has 12 nitrogen and oxygen atoms in total. The molecule has 15 unspecified atom stereocenters. The molecule has 1 saturated heterocycles. The lowest BCUT2D eigenvalue weighted by Crippen LogP contribution is -2.57. The first-order valence-corrected chi connectivity index (χ1v) is 19.6. The maximum Gasteiger partial charge on any atom is 0.338 e. The summed E-state index contributed by atoms with van der Waals surface area (Å²) in [6, 6.07) is 0. The van der Waals surface area contributed by atoms with E-state index in [-0.39, 0.29) is 30.1 Å². The number of cyclic esters (lactones) is 2. The Balaban J connectivity index is 1.51. The maximum atomic E-state index is 14.2. The fraction of sp³-hybridized carbons (Fsp3) is 0.628. The summed E-state index contributed by atoms with van der Waals surface area (Å²) in [5.74, 6) is -6.53. The summed E-state index contributed by atoms with van der Waals surface area (Å²) >= 11 is 0. The molecule has 0 aromatic rings. The van der Waals surface area contributed by atoms with Gasteiger partial charge >= 0.3 is 17.9 Å². The van der Waals surface area contributed by atoms with Crippen LogP contribution in [0.15, 0.2) is 70.4 Å². The molecule has 55 heavy (non-hydrogen) atoms. The van der Waals surface area contributed by atoms with Gasteiger partial charge in [0.25, 0.3) is 0 Å². The SMILES string of the molecule is CC(=CC=CC=CC1C(C)=CC2C(CCC(C)C2OC2OC(C)C(O)C(=O)C2O)C2C(=O)OC(=O)C=C3CC(O)C(C)C3=C12)CC(C)CC(O)C(C)C(=O)O. The van der Waals surface area contributed by atoms with Crippen LogP contribution in [-0.2, 0) is 33.4 Å². The van der Waals surface area contributed by atoms with Crippen LogP contribution < -0.4 is 0 Å². The number of aliphatic hydroxyl groups is 4. The highest BCUT2D eigenvalue weighted by molar-refractivity contribution is 5.96. The number of carbonyl (C=O) groups excluding carboxylic acids is 3. The van der Waals surface area contributed by atoms with Crippen molar-refractivity contribution in [3.63, 3.8) is 0 Å². The number of allylic oxidation sites excluding steroid dienone is 7. The molecule has 5 N–H and O–H groups in total. The third kappa shape index (κ3) is 9.21.